The number of hydrogen-bond acceptors (Lipinski definition) is 2. The molecular formula is C40H44O2Si. The van der Waals surface area contributed by atoms with Gasteiger partial charge in [-0.05, 0) is 87.1 Å². The Hall–Kier alpha value is -3.82. The molecule has 4 aromatic rings. The van der Waals surface area contributed by atoms with Gasteiger partial charge in [0.2, 0.25) is 0 Å². The second kappa shape index (κ2) is 10.7. The fraction of sp³-hybridized carbons (Fsp3) is 0.300. The molecule has 0 heterocycles. The molecule has 6 rings (SSSR count). The fourth-order valence-corrected chi connectivity index (χ4v) is 13.4. The quantitative estimate of drug-likeness (QED) is 0.210. The van der Waals surface area contributed by atoms with Crippen LogP contribution in [0.1, 0.15) is 69.4 Å². The van der Waals surface area contributed by atoms with Gasteiger partial charge in [-0.25, -0.2) is 0 Å². The van der Waals surface area contributed by atoms with Crippen molar-refractivity contribution in [2.45, 2.75) is 65.7 Å². The van der Waals surface area contributed by atoms with Crippen LogP contribution in [0.3, 0.4) is 0 Å². The van der Waals surface area contributed by atoms with E-state index in [9.17, 15) is 0 Å². The molecule has 2 unspecified atom stereocenters. The van der Waals surface area contributed by atoms with Gasteiger partial charge in [-0.15, -0.1) is 0 Å². The molecule has 0 aromatic heterocycles. The van der Waals surface area contributed by atoms with Gasteiger partial charge in [0.15, 0.2) is 0 Å². The van der Waals surface area contributed by atoms with E-state index in [4.69, 9.17) is 9.47 Å². The summed E-state index contributed by atoms with van der Waals surface area (Å²) >= 11 is 0. The van der Waals surface area contributed by atoms with Gasteiger partial charge in [0, 0.05) is 22.2 Å². The standard InChI is InChI=1S/C40H44O2Si/c1-23-15-24(2)18-29(17-23)31-11-13-35(41-7)37-33(31)21-27(5)39(37)43(9,10)40-28(6)22-34-32(12-14-36(42-8)38(34)40)30-19-25(3)16-26(4)20-30/h11-22,39-40H,1-10H3. The minimum absolute atomic E-state index is 0.317. The van der Waals surface area contributed by atoms with E-state index in [1.165, 1.54) is 77.9 Å². The van der Waals surface area contributed by atoms with Crippen LogP contribution < -0.4 is 9.47 Å². The maximum atomic E-state index is 6.12. The van der Waals surface area contributed by atoms with Crippen LogP contribution >= 0.6 is 0 Å². The topological polar surface area (TPSA) is 18.5 Å². The Balaban J connectivity index is 1.53. The Labute approximate surface area is 259 Å². The number of fused-ring (bicyclic) bond motifs is 2. The lowest BCUT2D eigenvalue weighted by molar-refractivity contribution is 0.409. The third-order valence-electron chi connectivity index (χ3n) is 9.72. The minimum Gasteiger partial charge on any atom is -0.496 e. The SMILES string of the molecule is COc1ccc(-c2cc(C)cc(C)c2)c2c1C([Si](C)(C)C1C(C)=Cc3c(-c4cc(C)cc(C)c4)ccc(OC)c31)C(C)=C2. The van der Waals surface area contributed by atoms with E-state index >= 15 is 0 Å². The number of ether oxygens (including phenoxy) is 2. The summed E-state index contributed by atoms with van der Waals surface area (Å²) in [7, 11) is 1.49. The zero-order chi connectivity index (χ0) is 30.8. The van der Waals surface area contributed by atoms with Gasteiger partial charge in [0.25, 0.3) is 0 Å². The largest absolute Gasteiger partial charge is 0.496 e. The first-order valence-corrected chi connectivity index (χ1v) is 18.6. The van der Waals surface area contributed by atoms with Gasteiger partial charge < -0.3 is 9.47 Å². The Kier molecular flexibility index (Phi) is 7.29. The van der Waals surface area contributed by atoms with Gasteiger partial charge in [0.1, 0.15) is 11.5 Å². The molecule has 0 bridgehead atoms. The summed E-state index contributed by atoms with van der Waals surface area (Å²) < 4.78 is 12.2. The lowest BCUT2D eigenvalue weighted by Crippen LogP contribution is -2.42. The van der Waals surface area contributed by atoms with Crippen molar-refractivity contribution in [3.8, 4) is 33.8 Å². The van der Waals surface area contributed by atoms with Crippen molar-refractivity contribution < 1.29 is 9.47 Å². The van der Waals surface area contributed by atoms with Crippen molar-refractivity contribution in [2.75, 3.05) is 14.2 Å². The Morgan fingerprint density at radius 1 is 0.512 bits per heavy atom. The Morgan fingerprint density at radius 2 is 0.860 bits per heavy atom. The zero-order valence-electron chi connectivity index (χ0n) is 27.4. The van der Waals surface area contributed by atoms with Crippen LogP contribution in [0.4, 0.5) is 0 Å². The van der Waals surface area contributed by atoms with Gasteiger partial charge in [-0.2, -0.15) is 0 Å². The normalized spacial score (nSPS) is 17.3. The first kappa shape index (κ1) is 29.3. The number of aryl methyl sites for hydroxylation is 4. The van der Waals surface area contributed by atoms with E-state index in [1.807, 2.05) is 14.2 Å². The number of methoxy groups -OCH3 is 2. The average molecular weight is 585 g/mol. The highest BCUT2D eigenvalue weighted by Crippen LogP contribution is 2.57. The van der Waals surface area contributed by atoms with Crippen LogP contribution in [-0.2, 0) is 0 Å². The second-order valence-corrected chi connectivity index (χ2v) is 18.3. The van der Waals surface area contributed by atoms with Crippen LogP contribution in [0, 0.1) is 27.7 Å². The molecular weight excluding hydrogens is 541 g/mol. The fourth-order valence-electron chi connectivity index (χ4n) is 8.42. The smallest absolute Gasteiger partial charge is 0.123 e. The number of allylic oxidation sites excluding steroid dienone is 2. The maximum Gasteiger partial charge on any atom is 0.123 e. The molecule has 43 heavy (non-hydrogen) atoms. The Bertz CT molecular complexity index is 1660. The van der Waals surface area contributed by atoms with E-state index in [0.29, 0.717) is 11.1 Å². The molecule has 4 aromatic carbocycles. The highest BCUT2D eigenvalue weighted by molar-refractivity contribution is 6.82. The van der Waals surface area contributed by atoms with Crippen LogP contribution in [0.15, 0.2) is 71.8 Å². The summed E-state index contributed by atoms with van der Waals surface area (Å²) in [6.45, 7) is 18.6. The molecule has 0 saturated heterocycles. The summed E-state index contributed by atoms with van der Waals surface area (Å²) in [5, 5.41) is 0. The van der Waals surface area contributed by atoms with Crippen molar-refractivity contribution in [3.05, 3.63) is 116 Å². The molecule has 0 spiro atoms. The van der Waals surface area contributed by atoms with Crippen molar-refractivity contribution in [3.63, 3.8) is 0 Å². The van der Waals surface area contributed by atoms with E-state index in [2.05, 4.69) is 127 Å². The van der Waals surface area contributed by atoms with Crippen LogP contribution in [0.25, 0.3) is 34.4 Å². The lowest BCUT2D eigenvalue weighted by Gasteiger charge is -2.40. The van der Waals surface area contributed by atoms with Crippen molar-refractivity contribution in [1.82, 2.24) is 0 Å². The van der Waals surface area contributed by atoms with Crippen LogP contribution in [0.5, 0.6) is 11.5 Å². The van der Waals surface area contributed by atoms with E-state index in [-0.39, 0.29) is 0 Å². The molecule has 3 heteroatoms. The zero-order valence-corrected chi connectivity index (χ0v) is 28.4. The maximum absolute atomic E-state index is 6.12. The first-order chi connectivity index (χ1) is 20.4. The molecule has 0 radical (unpaired) electrons. The van der Waals surface area contributed by atoms with Crippen LogP contribution in [0.2, 0.25) is 13.1 Å². The van der Waals surface area contributed by atoms with E-state index in [0.717, 1.165) is 11.5 Å². The molecule has 0 amide bonds. The van der Waals surface area contributed by atoms with Gasteiger partial charge in [0.05, 0.1) is 22.3 Å². The average Bonchev–Trinajstić information content (AvgIpc) is 3.48. The monoisotopic (exact) mass is 584 g/mol. The third-order valence-corrected chi connectivity index (χ3v) is 14.2. The van der Waals surface area contributed by atoms with Crippen molar-refractivity contribution in [1.29, 1.82) is 0 Å². The van der Waals surface area contributed by atoms with Gasteiger partial charge >= 0.3 is 0 Å². The number of rotatable bonds is 6. The summed E-state index contributed by atoms with van der Waals surface area (Å²) in [4.78, 5) is 0. The molecule has 0 saturated carbocycles. The molecule has 2 nitrogen and oxygen atoms in total. The minimum atomic E-state index is -2.15. The third kappa shape index (κ3) is 4.79. The molecule has 0 fully saturated rings. The predicted octanol–water partition coefficient (Wildman–Crippen LogP) is 10.8. The number of benzene rings is 4. The number of hydrogen-bond donors (Lipinski definition) is 0. The highest BCUT2D eigenvalue weighted by Gasteiger charge is 2.49. The Morgan fingerprint density at radius 3 is 1.19 bits per heavy atom. The van der Waals surface area contributed by atoms with Crippen molar-refractivity contribution >= 4 is 20.2 Å². The molecule has 220 valence electrons. The van der Waals surface area contributed by atoms with E-state index in [1.54, 1.807) is 0 Å². The second-order valence-electron chi connectivity index (χ2n) is 13.5. The first-order valence-electron chi connectivity index (χ1n) is 15.4. The molecule has 0 N–H and O–H groups in total. The summed E-state index contributed by atoms with van der Waals surface area (Å²) in [5.41, 5.74) is 19.2. The molecule has 2 atom stereocenters. The van der Waals surface area contributed by atoms with E-state index < -0.39 is 8.07 Å². The summed E-state index contributed by atoms with van der Waals surface area (Å²) in [5.74, 6) is 2.00. The molecule has 2 aliphatic rings. The van der Waals surface area contributed by atoms with Crippen LogP contribution in [-0.4, -0.2) is 22.3 Å². The molecule has 2 aliphatic carbocycles. The summed E-state index contributed by atoms with van der Waals surface area (Å²) in [6.07, 6.45) is 4.89. The molecule has 0 aliphatic heterocycles. The van der Waals surface area contributed by atoms with Gasteiger partial charge in [-0.3, -0.25) is 0 Å². The van der Waals surface area contributed by atoms with Gasteiger partial charge in [-0.1, -0.05) is 107 Å². The predicted molar refractivity (Wildman–Crippen MR) is 186 cm³/mol. The summed E-state index contributed by atoms with van der Waals surface area (Å²) in [6, 6.07) is 22.6. The lowest BCUT2D eigenvalue weighted by atomic mass is 9.94. The van der Waals surface area contributed by atoms with Crippen molar-refractivity contribution in [2.24, 2.45) is 0 Å². The highest BCUT2D eigenvalue weighted by atomic mass is 28.3.